The van der Waals surface area contributed by atoms with E-state index < -0.39 is 53.4 Å². The fourth-order valence-corrected chi connectivity index (χ4v) is 4.90. The second-order valence-corrected chi connectivity index (χ2v) is 10.3. The molecule has 1 aromatic rings. The number of hydrazine groups is 1. The average molecular weight is 539 g/mol. The van der Waals surface area contributed by atoms with Gasteiger partial charge in [-0.2, -0.15) is 0 Å². The lowest BCUT2D eigenvalue weighted by Gasteiger charge is -2.34. The number of fused-ring (bicyclic) bond motifs is 1. The summed E-state index contributed by atoms with van der Waals surface area (Å²) in [7, 11) is 0. The van der Waals surface area contributed by atoms with E-state index >= 15 is 0 Å². The number of hydrogen-bond donors (Lipinski definition) is 2. The summed E-state index contributed by atoms with van der Waals surface area (Å²) < 4.78 is 39.2. The van der Waals surface area contributed by atoms with Crippen LogP contribution in [0.25, 0.3) is 0 Å². The molecule has 0 aromatic carbocycles. The summed E-state index contributed by atoms with van der Waals surface area (Å²) in [5, 5.41) is 5.73. The standard InChI is InChI=1S/C19H25BrF2N4O5S/c1-5-30-16(28)14-13-9(19(13,21)22)7-26(25-14)15(27)10(6-12-24-11(20)8-32-12)23-17(29)31-18(2,3)4/h8-10,13-14,25H,5-7H2,1-4H3,(H,23,29)/t9?,10-,13?,14?/m0/s1. The first-order valence-electron chi connectivity index (χ1n) is 10.0. The zero-order valence-electron chi connectivity index (χ0n) is 18.0. The molecule has 0 bridgehead atoms. The number of ether oxygens (including phenoxy) is 2. The van der Waals surface area contributed by atoms with Crippen molar-refractivity contribution in [3.8, 4) is 0 Å². The summed E-state index contributed by atoms with van der Waals surface area (Å²) in [6.07, 6.45) is -0.818. The van der Waals surface area contributed by atoms with Crippen molar-refractivity contribution in [2.75, 3.05) is 13.2 Å². The topological polar surface area (TPSA) is 110 Å². The summed E-state index contributed by atoms with van der Waals surface area (Å²) in [4.78, 5) is 42.1. The van der Waals surface area contributed by atoms with Crippen molar-refractivity contribution < 1.29 is 32.6 Å². The molecule has 1 saturated carbocycles. The van der Waals surface area contributed by atoms with Crippen LogP contribution >= 0.6 is 27.3 Å². The SMILES string of the molecule is CCOC(=O)C1NN(C(=O)[C@H](Cc2nc(Br)cs2)NC(=O)OC(C)(C)C)CC2C1C2(F)F. The highest BCUT2D eigenvalue weighted by molar-refractivity contribution is 9.10. The van der Waals surface area contributed by atoms with Gasteiger partial charge in [-0.05, 0) is 43.6 Å². The van der Waals surface area contributed by atoms with Crippen LogP contribution in [-0.4, -0.2) is 64.7 Å². The van der Waals surface area contributed by atoms with E-state index in [0.29, 0.717) is 9.61 Å². The predicted octanol–water partition coefficient (Wildman–Crippen LogP) is 2.50. The van der Waals surface area contributed by atoms with Crippen LogP contribution in [0.2, 0.25) is 0 Å². The fraction of sp³-hybridized carbons (Fsp3) is 0.684. The van der Waals surface area contributed by atoms with Gasteiger partial charge in [0.05, 0.1) is 23.5 Å². The Morgan fingerprint density at radius 1 is 1.44 bits per heavy atom. The highest BCUT2D eigenvalue weighted by atomic mass is 79.9. The Hall–Kier alpha value is -1.86. The zero-order chi connectivity index (χ0) is 23.8. The first-order chi connectivity index (χ1) is 14.8. The predicted molar refractivity (Wildman–Crippen MR) is 114 cm³/mol. The lowest BCUT2D eigenvalue weighted by molar-refractivity contribution is -0.153. The molecule has 2 N–H and O–H groups in total. The van der Waals surface area contributed by atoms with Crippen molar-refractivity contribution in [2.24, 2.45) is 11.8 Å². The molecule has 2 fully saturated rings. The van der Waals surface area contributed by atoms with Gasteiger partial charge in [-0.25, -0.2) is 24.0 Å². The van der Waals surface area contributed by atoms with Crippen molar-refractivity contribution in [2.45, 2.75) is 57.7 Å². The van der Waals surface area contributed by atoms with Crippen LogP contribution < -0.4 is 10.7 Å². The van der Waals surface area contributed by atoms with Gasteiger partial charge in [-0.3, -0.25) is 14.6 Å². The molecule has 9 nitrogen and oxygen atoms in total. The number of alkyl carbamates (subject to hydrolysis) is 1. The molecule has 0 radical (unpaired) electrons. The molecule has 13 heteroatoms. The van der Waals surface area contributed by atoms with Gasteiger partial charge >= 0.3 is 12.1 Å². The number of nitrogens with one attached hydrogen (secondary N) is 2. The maximum absolute atomic E-state index is 14.2. The van der Waals surface area contributed by atoms with Crippen molar-refractivity contribution in [1.82, 2.24) is 20.7 Å². The van der Waals surface area contributed by atoms with Gasteiger partial charge in [0.15, 0.2) is 0 Å². The van der Waals surface area contributed by atoms with Crippen molar-refractivity contribution in [1.29, 1.82) is 0 Å². The summed E-state index contributed by atoms with van der Waals surface area (Å²) in [6.45, 7) is 6.31. The van der Waals surface area contributed by atoms with Gasteiger partial charge in [0.2, 0.25) is 0 Å². The van der Waals surface area contributed by atoms with Crippen LogP contribution in [0.15, 0.2) is 9.98 Å². The Kier molecular flexibility index (Phi) is 7.11. The molecular formula is C19H25BrF2N4O5S. The fourth-order valence-electron chi connectivity index (χ4n) is 3.58. The number of carbonyl (C=O) groups is 3. The van der Waals surface area contributed by atoms with Crippen LogP contribution in [0.4, 0.5) is 13.6 Å². The minimum atomic E-state index is -3.09. The molecule has 3 unspecified atom stereocenters. The highest BCUT2D eigenvalue weighted by Gasteiger charge is 2.75. The monoisotopic (exact) mass is 538 g/mol. The number of alkyl halides is 2. The van der Waals surface area contributed by atoms with Crippen molar-refractivity contribution in [3.63, 3.8) is 0 Å². The maximum atomic E-state index is 14.2. The zero-order valence-corrected chi connectivity index (χ0v) is 20.4. The number of rotatable bonds is 6. The third-order valence-electron chi connectivity index (χ3n) is 4.99. The van der Waals surface area contributed by atoms with Crippen LogP contribution in [-0.2, 0) is 25.5 Å². The second-order valence-electron chi connectivity index (χ2n) is 8.58. The van der Waals surface area contributed by atoms with Gasteiger partial charge in [-0.15, -0.1) is 11.3 Å². The number of hydrogen-bond acceptors (Lipinski definition) is 8. The van der Waals surface area contributed by atoms with Crippen LogP contribution in [0.3, 0.4) is 0 Å². The third-order valence-corrected chi connectivity index (χ3v) is 6.57. The van der Waals surface area contributed by atoms with Gasteiger partial charge in [0, 0.05) is 18.3 Å². The average Bonchev–Trinajstić information content (AvgIpc) is 3.00. The van der Waals surface area contributed by atoms with E-state index in [0.717, 1.165) is 5.01 Å². The van der Waals surface area contributed by atoms with Crippen molar-refractivity contribution in [3.05, 3.63) is 15.0 Å². The number of esters is 1. The minimum Gasteiger partial charge on any atom is -0.465 e. The molecule has 2 aliphatic rings. The number of amides is 2. The minimum absolute atomic E-state index is 0.0150. The Balaban J connectivity index is 1.79. The van der Waals surface area contributed by atoms with E-state index in [9.17, 15) is 23.2 Å². The molecule has 1 aliphatic carbocycles. The van der Waals surface area contributed by atoms with Gasteiger partial charge in [0.25, 0.3) is 11.8 Å². The van der Waals surface area contributed by atoms with Crippen LogP contribution in [0.1, 0.15) is 32.7 Å². The molecule has 2 amide bonds. The molecule has 1 saturated heterocycles. The number of aromatic nitrogens is 1. The van der Waals surface area contributed by atoms with Crippen LogP contribution in [0.5, 0.6) is 0 Å². The first-order valence-corrected chi connectivity index (χ1v) is 11.7. The van der Waals surface area contributed by atoms with Gasteiger partial charge in [-0.1, -0.05) is 0 Å². The van der Waals surface area contributed by atoms with Gasteiger partial charge < -0.3 is 14.8 Å². The molecule has 3 rings (SSSR count). The number of nitrogens with zero attached hydrogens (tertiary/aromatic N) is 2. The Bertz CT molecular complexity index is 893. The molecular weight excluding hydrogens is 514 g/mol. The first kappa shape index (κ1) is 24.8. The summed E-state index contributed by atoms with van der Waals surface area (Å²) in [5.74, 6) is -7.03. The largest absolute Gasteiger partial charge is 0.465 e. The van der Waals surface area contributed by atoms with Gasteiger partial charge in [0.1, 0.15) is 22.3 Å². The number of carbonyl (C=O) groups excluding carboxylic acids is 3. The molecule has 1 aromatic heterocycles. The Morgan fingerprint density at radius 2 is 2.12 bits per heavy atom. The summed E-state index contributed by atoms with van der Waals surface area (Å²) in [5.41, 5.74) is 1.79. The van der Waals surface area contributed by atoms with E-state index in [4.69, 9.17) is 9.47 Å². The van der Waals surface area contributed by atoms with Crippen molar-refractivity contribution >= 4 is 45.2 Å². The lowest BCUT2D eigenvalue weighted by Crippen LogP contribution is -2.61. The molecule has 32 heavy (non-hydrogen) atoms. The Labute approximate surface area is 196 Å². The Morgan fingerprint density at radius 3 is 2.69 bits per heavy atom. The quantitative estimate of drug-likeness (QED) is 0.535. The van der Waals surface area contributed by atoms with E-state index in [-0.39, 0.29) is 19.6 Å². The molecule has 4 atom stereocenters. The normalized spacial score (nSPS) is 24.8. The number of halogens is 3. The summed E-state index contributed by atoms with van der Waals surface area (Å²) >= 11 is 4.50. The molecule has 0 spiro atoms. The number of thiazole rings is 1. The van der Waals surface area contributed by atoms with E-state index in [1.54, 1.807) is 33.1 Å². The summed E-state index contributed by atoms with van der Waals surface area (Å²) in [6, 6.07) is -2.51. The molecule has 1 aliphatic heterocycles. The van der Waals surface area contributed by atoms with E-state index in [1.807, 2.05) is 0 Å². The van der Waals surface area contributed by atoms with Crippen LogP contribution in [0, 0.1) is 11.8 Å². The lowest BCUT2D eigenvalue weighted by atomic mass is 10.1. The molecule has 2 heterocycles. The maximum Gasteiger partial charge on any atom is 0.408 e. The third kappa shape index (κ3) is 5.54. The molecule has 178 valence electrons. The van der Waals surface area contributed by atoms with E-state index in [2.05, 4.69) is 31.7 Å². The smallest absolute Gasteiger partial charge is 0.408 e. The second kappa shape index (κ2) is 9.18. The van der Waals surface area contributed by atoms with E-state index in [1.165, 1.54) is 11.3 Å². The highest BCUT2D eigenvalue weighted by Crippen LogP contribution is 2.58.